The summed E-state index contributed by atoms with van der Waals surface area (Å²) in [4.78, 5) is 4.78. The number of phenols is 1. The number of hydrogen-bond acceptors (Lipinski definition) is 5. The molecule has 0 aromatic heterocycles. The van der Waals surface area contributed by atoms with Gasteiger partial charge in [-0.15, -0.1) is 0 Å². The molecular formula is C18H26N4O. The number of rotatable bonds is 2. The standard InChI is InChI=1S/C18H26N4O/c1-20-8-10-22(11-9-20)19-13-15-12-14-4-2-6-21-7-3-5-16(17(14)21)18(15)23/h12-13,23H,2-11H2,1H3. The molecule has 23 heavy (non-hydrogen) atoms. The van der Waals surface area contributed by atoms with Crippen LogP contribution in [0.5, 0.6) is 5.75 Å². The number of hydrazone groups is 1. The van der Waals surface area contributed by atoms with Gasteiger partial charge >= 0.3 is 0 Å². The fraction of sp³-hybridized carbons (Fsp3) is 0.611. The van der Waals surface area contributed by atoms with E-state index in [9.17, 15) is 5.11 Å². The van der Waals surface area contributed by atoms with E-state index in [2.05, 4.69) is 33.0 Å². The maximum absolute atomic E-state index is 10.7. The molecule has 1 aromatic carbocycles. The van der Waals surface area contributed by atoms with Crippen molar-refractivity contribution in [2.24, 2.45) is 5.10 Å². The van der Waals surface area contributed by atoms with Gasteiger partial charge in [-0.2, -0.15) is 5.10 Å². The van der Waals surface area contributed by atoms with Crippen molar-refractivity contribution in [3.63, 3.8) is 0 Å². The lowest BCUT2D eigenvalue weighted by molar-refractivity contribution is 0.159. The Labute approximate surface area is 138 Å². The third kappa shape index (κ3) is 2.78. The fourth-order valence-corrected chi connectivity index (χ4v) is 4.02. The minimum Gasteiger partial charge on any atom is -0.507 e. The van der Waals surface area contributed by atoms with Gasteiger partial charge in [0.2, 0.25) is 0 Å². The molecule has 124 valence electrons. The molecule has 0 aliphatic carbocycles. The van der Waals surface area contributed by atoms with Crippen LogP contribution in [0.1, 0.15) is 29.5 Å². The van der Waals surface area contributed by atoms with Gasteiger partial charge in [0.1, 0.15) is 5.75 Å². The van der Waals surface area contributed by atoms with Gasteiger partial charge in [-0.05, 0) is 44.4 Å². The first kappa shape index (κ1) is 14.8. The van der Waals surface area contributed by atoms with Gasteiger partial charge in [0, 0.05) is 56.1 Å². The lowest BCUT2D eigenvalue weighted by Gasteiger charge is -2.37. The van der Waals surface area contributed by atoms with E-state index < -0.39 is 0 Å². The molecule has 0 radical (unpaired) electrons. The first-order valence-electron chi connectivity index (χ1n) is 8.82. The summed E-state index contributed by atoms with van der Waals surface area (Å²) in [5, 5.41) is 17.4. The van der Waals surface area contributed by atoms with Crippen LogP contribution in [-0.4, -0.2) is 67.5 Å². The Balaban J connectivity index is 1.62. The zero-order chi connectivity index (χ0) is 15.8. The minimum absolute atomic E-state index is 0.452. The zero-order valence-electron chi connectivity index (χ0n) is 14.0. The van der Waals surface area contributed by atoms with Crippen LogP contribution in [0.4, 0.5) is 5.69 Å². The van der Waals surface area contributed by atoms with E-state index >= 15 is 0 Å². The van der Waals surface area contributed by atoms with Crippen LogP contribution in [0.2, 0.25) is 0 Å². The van der Waals surface area contributed by atoms with Crippen LogP contribution in [0.15, 0.2) is 11.2 Å². The Hall–Kier alpha value is -1.75. The summed E-state index contributed by atoms with van der Waals surface area (Å²) in [6, 6.07) is 2.16. The van der Waals surface area contributed by atoms with E-state index in [0.29, 0.717) is 5.75 Å². The van der Waals surface area contributed by atoms with Crippen molar-refractivity contribution in [1.29, 1.82) is 0 Å². The maximum atomic E-state index is 10.7. The Morgan fingerprint density at radius 1 is 1.04 bits per heavy atom. The van der Waals surface area contributed by atoms with Gasteiger partial charge < -0.3 is 14.9 Å². The molecule has 3 aliphatic heterocycles. The Kier molecular flexibility index (Phi) is 3.89. The molecule has 1 saturated heterocycles. The average Bonchev–Trinajstić information content (AvgIpc) is 2.58. The third-order valence-electron chi connectivity index (χ3n) is 5.36. The van der Waals surface area contributed by atoms with Crippen molar-refractivity contribution in [2.45, 2.75) is 25.7 Å². The molecule has 5 nitrogen and oxygen atoms in total. The highest BCUT2D eigenvalue weighted by Gasteiger charge is 2.27. The predicted molar refractivity (Wildman–Crippen MR) is 93.6 cm³/mol. The third-order valence-corrected chi connectivity index (χ3v) is 5.36. The average molecular weight is 314 g/mol. The van der Waals surface area contributed by atoms with Crippen LogP contribution in [0, 0.1) is 0 Å². The van der Waals surface area contributed by atoms with Crippen molar-refractivity contribution in [2.75, 3.05) is 51.2 Å². The predicted octanol–water partition coefficient (Wildman–Crippen LogP) is 1.67. The number of phenolic OH excluding ortho intramolecular Hbond substituents is 1. The topological polar surface area (TPSA) is 42.3 Å². The summed E-state index contributed by atoms with van der Waals surface area (Å²) >= 11 is 0. The number of anilines is 1. The number of aromatic hydroxyl groups is 1. The van der Waals surface area contributed by atoms with E-state index in [1.807, 2.05) is 6.21 Å². The second kappa shape index (κ2) is 6.04. The van der Waals surface area contributed by atoms with Crippen molar-refractivity contribution < 1.29 is 5.11 Å². The van der Waals surface area contributed by atoms with Crippen molar-refractivity contribution in [3.05, 3.63) is 22.8 Å². The van der Waals surface area contributed by atoms with Gasteiger partial charge in [0.05, 0.1) is 6.21 Å². The summed E-state index contributed by atoms with van der Waals surface area (Å²) in [5.41, 5.74) is 4.75. The molecule has 0 amide bonds. The Bertz CT molecular complexity index is 618. The molecule has 4 rings (SSSR count). The quantitative estimate of drug-likeness (QED) is 0.843. The van der Waals surface area contributed by atoms with Gasteiger partial charge in [-0.25, -0.2) is 0 Å². The number of nitrogens with zero attached hydrogens (tertiary/aromatic N) is 4. The van der Waals surface area contributed by atoms with Crippen LogP contribution in [-0.2, 0) is 12.8 Å². The summed E-state index contributed by atoms with van der Waals surface area (Å²) in [6.45, 7) is 6.28. The van der Waals surface area contributed by atoms with E-state index in [1.165, 1.54) is 17.7 Å². The highest BCUT2D eigenvalue weighted by Crippen LogP contribution is 2.41. The largest absolute Gasteiger partial charge is 0.507 e. The Morgan fingerprint density at radius 3 is 2.57 bits per heavy atom. The lowest BCUT2D eigenvalue weighted by atomic mass is 9.89. The molecule has 0 saturated carbocycles. The number of hydrogen-bond donors (Lipinski definition) is 1. The second-order valence-electron chi connectivity index (χ2n) is 7.00. The van der Waals surface area contributed by atoms with Gasteiger partial charge in [-0.3, -0.25) is 5.01 Å². The number of piperazine rings is 1. The van der Waals surface area contributed by atoms with Crippen molar-refractivity contribution in [3.8, 4) is 5.75 Å². The van der Waals surface area contributed by atoms with E-state index in [-0.39, 0.29) is 0 Å². The number of likely N-dealkylation sites (N-methyl/N-ethyl adjacent to an activating group) is 1. The summed E-state index contributed by atoms with van der Waals surface area (Å²) in [7, 11) is 2.15. The summed E-state index contributed by atoms with van der Waals surface area (Å²) in [5.74, 6) is 0.452. The normalized spacial score (nSPS) is 21.8. The van der Waals surface area contributed by atoms with Gasteiger partial charge in [0.15, 0.2) is 0 Å². The van der Waals surface area contributed by atoms with E-state index in [1.54, 1.807) is 0 Å². The number of aryl methyl sites for hydroxylation is 1. The second-order valence-corrected chi connectivity index (χ2v) is 7.00. The van der Waals surface area contributed by atoms with Crippen LogP contribution in [0.25, 0.3) is 0 Å². The smallest absolute Gasteiger partial charge is 0.129 e. The van der Waals surface area contributed by atoms with E-state index in [4.69, 9.17) is 0 Å². The number of benzene rings is 1. The molecular weight excluding hydrogens is 288 g/mol. The Morgan fingerprint density at radius 2 is 1.78 bits per heavy atom. The van der Waals surface area contributed by atoms with Crippen LogP contribution >= 0.6 is 0 Å². The lowest BCUT2D eigenvalue weighted by Crippen LogP contribution is -2.41. The first-order valence-corrected chi connectivity index (χ1v) is 8.82. The summed E-state index contributed by atoms with van der Waals surface area (Å²) in [6.07, 6.45) is 6.33. The van der Waals surface area contributed by atoms with E-state index in [0.717, 1.165) is 69.7 Å². The van der Waals surface area contributed by atoms with Crippen LogP contribution < -0.4 is 4.90 Å². The SMILES string of the molecule is CN1CCN(N=Cc2cc3c4c(c2O)CCCN4CCC3)CC1. The fourth-order valence-electron chi connectivity index (χ4n) is 4.02. The maximum Gasteiger partial charge on any atom is 0.129 e. The molecule has 1 fully saturated rings. The molecule has 1 N–H and O–H groups in total. The molecule has 0 bridgehead atoms. The molecule has 0 unspecified atom stereocenters. The highest BCUT2D eigenvalue weighted by molar-refractivity contribution is 5.87. The van der Waals surface area contributed by atoms with Crippen molar-refractivity contribution in [1.82, 2.24) is 9.91 Å². The molecule has 3 aliphatic rings. The molecule has 0 spiro atoms. The monoisotopic (exact) mass is 314 g/mol. The minimum atomic E-state index is 0.452. The first-order chi connectivity index (χ1) is 11.2. The zero-order valence-corrected chi connectivity index (χ0v) is 14.0. The molecule has 0 atom stereocenters. The van der Waals surface area contributed by atoms with Crippen molar-refractivity contribution >= 4 is 11.9 Å². The molecule has 3 heterocycles. The van der Waals surface area contributed by atoms with Gasteiger partial charge in [-0.1, -0.05) is 0 Å². The highest BCUT2D eigenvalue weighted by atomic mass is 16.3. The molecule has 1 aromatic rings. The summed E-state index contributed by atoms with van der Waals surface area (Å²) < 4.78 is 0. The van der Waals surface area contributed by atoms with Gasteiger partial charge in [0.25, 0.3) is 0 Å². The van der Waals surface area contributed by atoms with Crippen LogP contribution in [0.3, 0.4) is 0 Å². The molecule has 5 heteroatoms.